The Hall–Kier alpha value is -0.450. The van der Waals surface area contributed by atoms with Gasteiger partial charge in [0.05, 0.1) is 24.4 Å². The summed E-state index contributed by atoms with van der Waals surface area (Å²) >= 11 is 0. The van der Waals surface area contributed by atoms with E-state index < -0.39 is 5.79 Å². The maximum Gasteiger partial charge on any atom is 0.163 e. The minimum absolute atomic E-state index is 0.127. The molecule has 0 radical (unpaired) electrons. The van der Waals surface area contributed by atoms with Gasteiger partial charge in [0, 0.05) is 17.8 Å². The molecule has 0 N–H and O–H groups in total. The van der Waals surface area contributed by atoms with Crippen molar-refractivity contribution in [1.82, 2.24) is 0 Å². The Balaban J connectivity index is 1.47. The molecule has 26 heavy (non-hydrogen) atoms. The number of rotatable bonds is 0. The molecule has 6 aliphatic rings. The fraction of sp³-hybridized carbons (Fsp3) is 0.955. The van der Waals surface area contributed by atoms with Crippen molar-refractivity contribution in [2.24, 2.45) is 34.5 Å². The molecule has 4 saturated carbocycles. The molecule has 144 valence electrons. The van der Waals surface area contributed by atoms with Crippen LogP contribution < -0.4 is 0 Å². The maximum atomic E-state index is 12.8. The number of carbonyl (C=O) groups excluding carboxylic acids is 1. The normalized spacial score (nSPS) is 61.9. The summed E-state index contributed by atoms with van der Waals surface area (Å²) in [5.74, 6) is 2.00. The summed E-state index contributed by atoms with van der Waals surface area (Å²) in [6.45, 7) is 8.88. The highest BCUT2D eigenvalue weighted by Crippen LogP contribution is 2.69. The molecule has 0 spiro atoms. The standard InChI is InChI=1S/C22H32O4/c1-20(2)25-18-15-11-5-6-14(23)21(11,3)9-7-12(15)22(4)10-8-13-17(24-13)16(22)19(18)26-20/h11-13,15-19H,5-10H2,1-4H3/t11?,12?,13-,15?,16?,17?,18-,19-,21+,22-/m1/s1. The van der Waals surface area contributed by atoms with E-state index in [1.165, 1.54) is 19.3 Å². The van der Waals surface area contributed by atoms with Crippen molar-refractivity contribution >= 4 is 5.78 Å². The first kappa shape index (κ1) is 16.5. The van der Waals surface area contributed by atoms with Gasteiger partial charge in [0.25, 0.3) is 0 Å². The van der Waals surface area contributed by atoms with Crippen LogP contribution in [0.25, 0.3) is 0 Å². The van der Waals surface area contributed by atoms with Gasteiger partial charge in [-0.1, -0.05) is 13.8 Å². The lowest BCUT2D eigenvalue weighted by molar-refractivity contribution is -0.175. The molecule has 10 atom stereocenters. The molecular formula is C22H32O4. The zero-order valence-electron chi connectivity index (χ0n) is 16.5. The van der Waals surface area contributed by atoms with Crippen LogP contribution >= 0.6 is 0 Å². The fourth-order valence-electron chi connectivity index (χ4n) is 8.28. The van der Waals surface area contributed by atoms with Crippen molar-refractivity contribution in [3.8, 4) is 0 Å². The highest BCUT2D eigenvalue weighted by Gasteiger charge is 2.72. The molecule has 4 nitrogen and oxygen atoms in total. The summed E-state index contributed by atoms with van der Waals surface area (Å²) in [7, 11) is 0. The van der Waals surface area contributed by atoms with E-state index in [4.69, 9.17) is 14.2 Å². The molecule has 0 amide bonds. The summed E-state index contributed by atoms with van der Waals surface area (Å²) in [6, 6.07) is 0. The van der Waals surface area contributed by atoms with E-state index >= 15 is 0 Å². The van der Waals surface area contributed by atoms with Gasteiger partial charge in [-0.05, 0) is 69.1 Å². The van der Waals surface area contributed by atoms with Crippen molar-refractivity contribution in [3.63, 3.8) is 0 Å². The van der Waals surface area contributed by atoms with Gasteiger partial charge in [-0.3, -0.25) is 4.79 Å². The first-order valence-electron chi connectivity index (χ1n) is 10.8. The van der Waals surface area contributed by atoms with Crippen LogP contribution in [-0.4, -0.2) is 36.0 Å². The Morgan fingerprint density at radius 1 is 0.885 bits per heavy atom. The summed E-state index contributed by atoms with van der Waals surface area (Å²) in [4.78, 5) is 12.8. The highest BCUT2D eigenvalue weighted by molar-refractivity contribution is 5.87. The number of ketones is 1. The van der Waals surface area contributed by atoms with Crippen LogP contribution in [0.4, 0.5) is 0 Å². The van der Waals surface area contributed by atoms with E-state index in [1.807, 2.05) is 0 Å². The Morgan fingerprint density at radius 3 is 2.46 bits per heavy atom. The quantitative estimate of drug-likeness (QED) is 0.618. The predicted molar refractivity (Wildman–Crippen MR) is 95.4 cm³/mol. The number of Topliss-reactive ketones (excluding diaryl/α,β-unsaturated/α-hetero) is 1. The second kappa shape index (κ2) is 4.75. The van der Waals surface area contributed by atoms with Crippen LogP contribution in [0.15, 0.2) is 0 Å². The van der Waals surface area contributed by atoms with Crippen LogP contribution in [0.3, 0.4) is 0 Å². The topological polar surface area (TPSA) is 48.1 Å². The molecule has 0 bridgehead atoms. The highest BCUT2D eigenvalue weighted by atomic mass is 16.8. The van der Waals surface area contributed by atoms with Crippen molar-refractivity contribution in [2.75, 3.05) is 0 Å². The average Bonchev–Trinajstić information content (AvgIpc) is 3.19. The number of carbonyl (C=O) groups is 1. The average molecular weight is 360 g/mol. The van der Waals surface area contributed by atoms with Crippen molar-refractivity contribution in [1.29, 1.82) is 0 Å². The lowest BCUT2D eigenvalue weighted by atomic mass is 9.44. The van der Waals surface area contributed by atoms with Crippen LogP contribution in [0.5, 0.6) is 0 Å². The molecule has 4 heteroatoms. The second-order valence-corrected chi connectivity index (χ2v) is 11.0. The maximum absolute atomic E-state index is 12.8. The molecule has 2 saturated heterocycles. The van der Waals surface area contributed by atoms with Gasteiger partial charge in [0.15, 0.2) is 5.79 Å². The van der Waals surface area contributed by atoms with Crippen LogP contribution in [-0.2, 0) is 19.0 Å². The largest absolute Gasteiger partial charge is 0.369 e. The van der Waals surface area contributed by atoms with Crippen LogP contribution in [0.1, 0.15) is 66.2 Å². The molecule has 4 aliphatic carbocycles. The molecule has 6 fully saturated rings. The minimum Gasteiger partial charge on any atom is -0.369 e. The van der Waals surface area contributed by atoms with Gasteiger partial charge in [-0.25, -0.2) is 0 Å². The van der Waals surface area contributed by atoms with Gasteiger partial charge in [-0.15, -0.1) is 0 Å². The van der Waals surface area contributed by atoms with E-state index in [1.54, 1.807) is 0 Å². The zero-order chi connectivity index (χ0) is 18.1. The van der Waals surface area contributed by atoms with Gasteiger partial charge < -0.3 is 14.2 Å². The van der Waals surface area contributed by atoms with E-state index in [9.17, 15) is 4.79 Å². The summed E-state index contributed by atoms with van der Waals surface area (Å²) in [5, 5.41) is 0. The Labute approximate surface area is 156 Å². The van der Waals surface area contributed by atoms with Gasteiger partial charge in [0.2, 0.25) is 0 Å². The number of hydrogen-bond donors (Lipinski definition) is 0. The smallest absolute Gasteiger partial charge is 0.163 e. The molecular weight excluding hydrogens is 328 g/mol. The zero-order valence-corrected chi connectivity index (χ0v) is 16.5. The Kier molecular flexibility index (Phi) is 3.01. The van der Waals surface area contributed by atoms with Gasteiger partial charge in [0.1, 0.15) is 5.78 Å². The molecule has 0 aromatic carbocycles. The van der Waals surface area contributed by atoms with E-state index in [0.717, 1.165) is 19.3 Å². The van der Waals surface area contributed by atoms with Crippen LogP contribution in [0.2, 0.25) is 0 Å². The number of hydrogen-bond acceptors (Lipinski definition) is 4. The fourth-order valence-corrected chi connectivity index (χ4v) is 8.28. The number of fused-ring (bicyclic) bond motifs is 10. The summed E-state index contributed by atoms with van der Waals surface area (Å²) in [6.07, 6.45) is 7.58. The Bertz CT molecular complexity index is 673. The van der Waals surface area contributed by atoms with Crippen molar-refractivity contribution in [3.05, 3.63) is 0 Å². The monoisotopic (exact) mass is 360 g/mol. The van der Waals surface area contributed by atoms with E-state index in [0.29, 0.717) is 41.7 Å². The van der Waals surface area contributed by atoms with E-state index in [-0.39, 0.29) is 23.0 Å². The molecule has 0 aromatic rings. The predicted octanol–water partition coefficient (Wildman–Crippen LogP) is 3.72. The van der Waals surface area contributed by atoms with Crippen LogP contribution in [0, 0.1) is 34.5 Å². The van der Waals surface area contributed by atoms with Gasteiger partial charge >= 0.3 is 0 Å². The number of epoxide rings is 1. The molecule has 6 rings (SSSR count). The summed E-state index contributed by atoms with van der Waals surface area (Å²) < 4.78 is 19.2. The third-order valence-corrected chi connectivity index (χ3v) is 9.49. The summed E-state index contributed by atoms with van der Waals surface area (Å²) in [5.41, 5.74) is 0.137. The number of ether oxygens (including phenoxy) is 3. The van der Waals surface area contributed by atoms with E-state index in [2.05, 4.69) is 27.7 Å². The second-order valence-electron chi connectivity index (χ2n) is 11.0. The Morgan fingerprint density at radius 2 is 1.65 bits per heavy atom. The first-order chi connectivity index (χ1) is 12.2. The SMILES string of the molecule is CC1(C)O[C@@H]2C3C(CC[C@]4(C)C(=O)CCC34)[C@@]3(C)CC[C@H]4OC4C3[C@H]2O1. The van der Waals surface area contributed by atoms with Crippen molar-refractivity contribution in [2.45, 2.75) is 96.4 Å². The van der Waals surface area contributed by atoms with Crippen molar-refractivity contribution < 1.29 is 19.0 Å². The lowest BCUT2D eigenvalue weighted by Crippen LogP contribution is -2.64. The molecule has 0 aromatic heterocycles. The minimum atomic E-state index is -0.524. The lowest BCUT2D eigenvalue weighted by Gasteiger charge is -2.61. The third-order valence-electron chi connectivity index (χ3n) is 9.49. The van der Waals surface area contributed by atoms with Gasteiger partial charge in [-0.2, -0.15) is 0 Å². The molecule has 5 unspecified atom stereocenters. The molecule has 2 aliphatic heterocycles. The first-order valence-corrected chi connectivity index (χ1v) is 10.8. The third kappa shape index (κ3) is 1.85. The molecule has 2 heterocycles.